The Morgan fingerprint density at radius 3 is 2.23 bits per heavy atom. The average Bonchev–Trinajstić information content (AvgIpc) is 2.28. The van der Waals surface area contributed by atoms with E-state index >= 15 is 0 Å². The maximum Gasteiger partial charge on any atom is 0.314 e. The SMILES string of the molecule is CCOc1ccc(CC/C=C(/C)F)c(C)c1S(F)(F)(F)(F)F. The Balaban J connectivity index is 3.42. The van der Waals surface area contributed by atoms with Gasteiger partial charge in [-0.05, 0) is 50.8 Å². The lowest BCUT2D eigenvalue weighted by atomic mass is 10.0. The fourth-order valence-electron chi connectivity index (χ4n) is 2.15. The largest absolute Gasteiger partial charge is 0.492 e. The van der Waals surface area contributed by atoms with Crippen molar-refractivity contribution in [3.8, 4) is 5.75 Å². The number of allylic oxidation sites excluding steroid dienone is 2. The van der Waals surface area contributed by atoms with Crippen LogP contribution < -0.4 is 4.74 Å². The Kier molecular flexibility index (Phi) is 4.60. The highest BCUT2D eigenvalue weighted by atomic mass is 32.5. The van der Waals surface area contributed by atoms with E-state index in [1.165, 1.54) is 26.0 Å². The van der Waals surface area contributed by atoms with Gasteiger partial charge in [0.05, 0.1) is 12.4 Å². The zero-order chi connectivity index (χ0) is 17.2. The summed E-state index contributed by atoms with van der Waals surface area (Å²) in [7, 11) is -9.89. The second kappa shape index (κ2) is 5.40. The molecule has 1 aromatic carbocycles. The summed E-state index contributed by atoms with van der Waals surface area (Å²) in [6.07, 6.45) is 1.34. The van der Waals surface area contributed by atoms with Crippen LogP contribution in [0.4, 0.5) is 23.8 Å². The summed E-state index contributed by atoms with van der Waals surface area (Å²) in [5.74, 6) is -1.35. The van der Waals surface area contributed by atoms with Crippen molar-refractivity contribution < 1.29 is 28.6 Å². The lowest BCUT2D eigenvalue weighted by Crippen LogP contribution is -2.12. The van der Waals surface area contributed by atoms with E-state index in [9.17, 15) is 23.8 Å². The van der Waals surface area contributed by atoms with Gasteiger partial charge in [0.1, 0.15) is 5.75 Å². The van der Waals surface area contributed by atoms with Crippen LogP contribution in [0.15, 0.2) is 28.9 Å². The Morgan fingerprint density at radius 2 is 1.77 bits per heavy atom. The smallest absolute Gasteiger partial charge is 0.314 e. The Morgan fingerprint density at radius 1 is 1.18 bits per heavy atom. The van der Waals surface area contributed by atoms with Crippen LogP contribution in [0.5, 0.6) is 5.75 Å². The van der Waals surface area contributed by atoms with Gasteiger partial charge < -0.3 is 4.74 Å². The fourth-order valence-corrected chi connectivity index (χ4v) is 3.37. The van der Waals surface area contributed by atoms with Crippen LogP contribution in [0, 0.1) is 6.92 Å². The van der Waals surface area contributed by atoms with Crippen molar-refractivity contribution in [3.63, 3.8) is 0 Å². The number of ether oxygens (including phenoxy) is 1. The molecule has 0 fully saturated rings. The monoisotopic (exact) mass is 348 g/mol. The molecule has 0 N–H and O–H groups in total. The van der Waals surface area contributed by atoms with Crippen LogP contribution in [0.25, 0.3) is 0 Å². The van der Waals surface area contributed by atoms with Gasteiger partial charge in [0.15, 0.2) is 4.90 Å². The van der Waals surface area contributed by atoms with Crippen molar-refractivity contribution in [2.24, 2.45) is 0 Å². The number of hydrogen-bond acceptors (Lipinski definition) is 1. The number of rotatable bonds is 6. The third kappa shape index (κ3) is 4.86. The molecule has 0 aliphatic carbocycles. The third-order valence-corrected chi connectivity index (χ3v) is 4.29. The number of benzene rings is 1. The minimum absolute atomic E-state index is 0.0281. The standard InChI is InChI=1S/C14H18F6OS/c1-4-21-13-9-8-12(7-5-6-10(2)15)11(3)14(13)22(16,17,18,19)20/h6,8-9H,4-5,7H2,1-3H3/b10-6-. The average molecular weight is 348 g/mol. The molecule has 0 radical (unpaired) electrons. The number of aryl methyl sites for hydroxylation is 1. The van der Waals surface area contributed by atoms with Crippen LogP contribution in [0.2, 0.25) is 0 Å². The van der Waals surface area contributed by atoms with Crippen molar-refractivity contribution in [1.29, 1.82) is 0 Å². The quantitative estimate of drug-likeness (QED) is 0.510. The zero-order valence-corrected chi connectivity index (χ0v) is 13.3. The zero-order valence-electron chi connectivity index (χ0n) is 12.4. The molecule has 1 aromatic rings. The summed E-state index contributed by atoms with van der Waals surface area (Å²) in [6, 6.07) is 2.19. The second-order valence-corrected chi connectivity index (χ2v) is 7.25. The summed E-state index contributed by atoms with van der Waals surface area (Å²) in [5, 5.41) is 0. The van der Waals surface area contributed by atoms with Gasteiger partial charge in [-0.25, -0.2) is 4.39 Å². The first-order valence-corrected chi connectivity index (χ1v) is 8.53. The van der Waals surface area contributed by atoms with E-state index < -0.39 is 32.3 Å². The summed E-state index contributed by atoms with van der Waals surface area (Å²) in [6.45, 7) is 3.43. The lowest BCUT2D eigenvalue weighted by molar-refractivity contribution is 0.311. The minimum Gasteiger partial charge on any atom is -0.492 e. The van der Waals surface area contributed by atoms with Crippen molar-refractivity contribution in [1.82, 2.24) is 0 Å². The van der Waals surface area contributed by atoms with Crippen molar-refractivity contribution in [2.45, 2.75) is 38.5 Å². The Hall–Kier alpha value is -1.31. The number of halogens is 6. The van der Waals surface area contributed by atoms with Gasteiger partial charge >= 0.3 is 10.2 Å². The molecule has 128 valence electrons. The molecule has 0 heterocycles. The maximum atomic E-state index is 13.3. The molecule has 1 nitrogen and oxygen atoms in total. The van der Waals surface area contributed by atoms with Gasteiger partial charge in [-0.15, -0.1) is 0 Å². The first kappa shape index (κ1) is 18.7. The molecule has 0 aliphatic heterocycles. The molecule has 0 saturated heterocycles. The molecule has 0 aromatic heterocycles. The Labute approximate surface area is 125 Å². The normalized spacial score (nSPS) is 16.1. The van der Waals surface area contributed by atoms with Gasteiger partial charge in [0.25, 0.3) is 0 Å². The van der Waals surface area contributed by atoms with Crippen LogP contribution in [-0.2, 0) is 6.42 Å². The molecule has 0 spiro atoms. The topological polar surface area (TPSA) is 9.23 Å². The Bertz CT molecular complexity index is 587. The summed E-state index contributed by atoms with van der Waals surface area (Å²) < 4.78 is 83.7. The molecule has 0 atom stereocenters. The summed E-state index contributed by atoms with van der Waals surface area (Å²) in [4.78, 5) is -1.99. The van der Waals surface area contributed by atoms with E-state index in [4.69, 9.17) is 4.74 Å². The molecular weight excluding hydrogens is 330 g/mol. The van der Waals surface area contributed by atoms with Crippen molar-refractivity contribution in [3.05, 3.63) is 35.2 Å². The lowest BCUT2D eigenvalue weighted by Gasteiger charge is -2.42. The van der Waals surface area contributed by atoms with Gasteiger partial charge in [-0.3, -0.25) is 0 Å². The fraction of sp³-hybridized carbons (Fsp3) is 0.429. The van der Waals surface area contributed by atoms with Crippen LogP contribution in [-0.4, -0.2) is 6.61 Å². The van der Waals surface area contributed by atoms with E-state index in [0.717, 1.165) is 13.0 Å². The molecule has 0 saturated carbocycles. The summed E-state index contributed by atoms with van der Waals surface area (Å²) >= 11 is 0. The molecule has 22 heavy (non-hydrogen) atoms. The summed E-state index contributed by atoms with van der Waals surface area (Å²) in [5.41, 5.74) is -0.487. The highest BCUT2D eigenvalue weighted by Gasteiger charge is 2.68. The van der Waals surface area contributed by atoms with Crippen molar-refractivity contribution in [2.75, 3.05) is 6.61 Å². The first-order chi connectivity index (χ1) is 9.76. The van der Waals surface area contributed by atoms with E-state index in [1.54, 1.807) is 0 Å². The van der Waals surface area contributed by atoms with Crippen molar-refractivity contribution >= 4 is 10.2 Å². The molecule has 0 aliphatic rings. The van der Waals surface area contributed by atoms with Gasteiger partial charge in [0, 0.05) is 0 Å². The van der Waals surface area contributed by atoms with Gasteiger partial charge in [0.2, 0.25) is 0 Å². The first-order valence-electron chi connectivity index (χ1n) is 6.58. The van der Waals surface area contributed by atoms with E-state index in [-0.39, 0.29) is 25.0 Å². The van der Waals surface area contributed by atoms with E-state index in [1.807, 2.05) is 0 Å². The second-order valence-electron chi connectivity index (χ2n) is 4.91. The molecule has 0 bridgehead atoms. The van der Waals surface area contributed by atoms with Gasteiger partial charge in [-0.2, -0.15) is 0 Å². The maximum absolute atomic E-state index is 13.3. The van der Waals surface area contributed by atoms with Crippen LogP contribution in [0.1, 0.15) is 31.4 Å². The highest BCUT2D eigenvalue weighted by Crippen LogP contribution is 3.03. The molecule has 0 unspecified atom stereocenters. The van der Waals surface area contributed by atoms with Crippen LogP contribution >= 0.6 is 10.2 Å². The predicted molar refractivity (Wildman–Crippen MR) is 76.9 cm³/mol. The minimum atomic E-state index is -9.89. The highest BCUT2D eigenvalue weighted by molar-refractivity contribution is 8.45. The predicted octanol–water partition coefficient (Wildman–Crippen LogP) is 6.86. The molecular formula is C14H18F6OS. The molecule has 8 heteroatoms. The molecule has 1 rings (SSSR count). The number of hydrogen-bond donors (Lipinski definition) is 0. The van der Waals surface area contributed by atoms with Crippen LogP contribution in [0.3, 0.4) is 0 Å². The van der Waals surface area contributed by atoms with E-state index in [2.05, 4.69) is 0 Å². The molecule has 0 amide bonds. The van der Waals surface area contributed by atoms with Gasteiger partial charge in [-0.1, -0.05) is 31.6 Å². The third-order valence-electron chi connectivity index (χ3n) is 3.01. The van der Waals surface area contributed by atoms with E-state index in [0.29, 0.717) is 0 Å².